The maximum atomic E-state index is 12.0. The zero-order valence-corrected chi connectivity index (χ0v) is 13.1. The highest BCUT2D eigenvalue weighted by atomic mass is 35.5. The maximum Gasteiger partial charge on any atom is 0.275 e. The molecule has 0 bridgehead atoms. The molecule has 19 heavy (non-hydrogen) atoms. The number of hydroxylamine groups is 1. The predicted octanol–water partition coefficient (Wildman–Crippen LogP) is 3.49. The molecule has 0 aliphatic carbocycles. The summed E-state index contributed by atoms with van der Waals surface area (Å²) in [4.78, 5) is 21.5. The number of halogens is 1. The Hall–Kier alpha value is -1.13. The molecule has 1 amide bonds. The van der Waals surface area contributed by atoms with Gasteiger partial charge < -0.3 is 0 Å². The van der Waals surface area contributed by atoms with Crippen molar-refractivity contribution in [3.05, 3.63) is 28.5 Å². The molecular weight excluding hydrogens is 264 g/mol. The van der Waals surface area contributed by atoms with E-state index in [-0.39, 0.29) is 11.3 Å². The molecule has 0 radical (unpaired) electrons. The summed E-state index contributed by atoms with van der Waals surface area (Å²) in [6.45, 7) is 11.6. The highest BCUT2D eigenvalue weighted by Gasteiger charge is 2.20. The van der Waals surface area contributed by atoms with Crippen LogP contribution >= 0.6 is 11.6 Å². The molecule has 0 unspecified atom stereocenters. The van der Waals surface area contributed by atoms with Gasteiger partial charge in [0.15, 0.2) is 0 Å². The maximum absolute atomic E-state index is 12.0. The van der Waals surface area contributed by atoms with Crippen molar-refractivity contribution in [3.63, 3.8) is 0 Å². The van der Waals surface area contributed by atoms with Crippen molar-refractivity contribution in [2.45, 2.75) is 52.6 Å². The lowest BCUT2D eigenvalue weighted by molar-refractivity contribution is -0.0589. The van der Waals surface area contributed by atoms with Crippen LogP contribution in [0.15, 0.2) is 12.1 Å². The van der Waals surface area contributed by atoms with Crippen LogP contribution in [0.3, 0.4) is 0 Å². The van der Waals surface area contributed by atoms with Crippen molar-refractivity contribution >= 4 is 17.5 Å². The van der Waals surface area contributed by atoms with E-state index in [1.165, 1.54) is 6.07 Å². The number of pyridine rings is 1. The Bertz CT molecular complexity index is 473. The average Bonchev–Trinajstić information content (AvgIpc) is 2.22. The fraction of sp³-hybridized carbons (Fsp3) is 0.571. The minimum Gasteiger partial charge on any atom is -0.268 e. The van der Waals surface area contributed by atoms with E-state index in [0.29, 0.717) is 10.7 Å². The SMILES string of the molecule is CC(C)(C)ONC(=O)c1cc(Cl)nc(C(C)(C)C)c1. The Kier molecular flexibility index (Phi) is 4.59. The summed E-state index contributed by atoms with van der Waals surface area (Å²) in [7, 11) is 0. The number of carbonyl (C=O) groups excluding carboxylic acids is 1. The van der Waals surface area contributed by atoms with Crippen molar-refractivity contribution in [2.24, 2.45) is 0 Å². The normalized spacial score (nSPS) is 12.4. The molecule has 1 aromatic heterocycles. The molecule has 5 heteroatoms. The van der Waals surface area contributed by atoms with E-state index in [1.807, 2.05) is 41.5 Å². The molecule has 1 N–H and O–H groups in total. The van der Waals surface area contributed by atoms with Crippen LogP contribution in [0.5, 0.6) is 0 Å². The van der Waals surface area contributed by atoms with Gasteiger partial charge in [0.25, 0.3) is 5.91 Å². The van der Waals surface area contributed by atoms with E-state index in [9.17, 15) is 4.79 Å². The lowest BCUT2D eigenvalue weighted by atomic mass is 9.91. The molecule has 0 aromatic carbocycles. The molecule has 1 rings (SSSR count). The summed E-state index contributed by atoms with van der Waals surface area (Å²) in [5.74, 6) is -0.329. The van der Waals surface area contributed by atoms with Crippen molar-refractivity contribution < 1.29 is 9.63 Å². The van der Waals surface area contributed by atoms with Crippen LogP contribution in [-0.4, -0.2) is 16.5 Å². The van der Waals surface area contributed by atoms with E-state index >= 15 is 0 Å². The zero-order chi connectivity index (χ0) is 14.8. The molecule has 0 aliphatic heterocycles. The van der Waals surface area contributed by atoms with Gasteiger partial charge in [-0.25, -0.2) is 10.5 Å². The first kappa shape index (κ1) is 15.9. The van der Waals surface area contributed by atoms with Crippen LogP contribution in [0.2, 0.25) is 5.15 Å². The summed E-state index contributed by atoms with van der Waals surface area (Å²) >= 11 is 5.96. The van der Waals surface area contributed by atoms with Crippen LogP contribution in [0, 0.1) is 0 Å². The number of nitrogens with zero attached hydrogens (tertiary/aromatic N) is 1. The monoisotopic (exact) mass is 284 g/mol. The number of carbonyl (C=O) groups is 1. The molecule has 0 fully saturated rings. The van der Waals surface area contributed by atoms with Gasteiger partial charge in [0, 0.05) is 16.7 Å². The van der Waals surface area contributed by atoms with Crippen molar-refractivity contribution in [1.82, 2.24) is 10.5 Å². The number of rotatable bonds is 2. The Morgan fingerprint density at radius 1 is 1.21 bits per heavy atom. The first-order chi connectivity index (χ1) is 8.49. The van der Waals surface area contributed by atoms with Gasteiger partial charge in [0.05, 0.1) is 5.60 Å². The summed E-state index contributed by atoms with van der Waals surface area (Å²) in [6, 6.07) is 3.26. The van der Waals surface area contributed by atoms with Crippen LogP contribution < -0.4 is 5.48 Å². The lowest BCUT2D eigenvalue weighted by Gasteiger charge is -2.20. The molecule has 0 saturated heterocycles. The Morgan fingerprint density at radius 2 is 1.79 bits per heavy atom. The van der Waals surface area contributed by atoms with Crippen molar-refractivity contribution in [2.75, 3.05) is 0 Å². The third-order valence-corrected chi connectivity index (χ3v) is 2.47. The minimum atomic E-state index is -0.445. The van der Waals surface area contributed by atoms with Gasteiger partial charge in [0.1, 0.15) is 5.15 Å². The van der Waals surface area contributed by atoms with Gasteiger partial charge in [-0.15, -0.1) is 0 Å². The Labute approximate surface area is 119 Å². The first-order valence-electron chi connectivity index (χ1n) is 6.15. The van der Waals surface area contributed by atoms with Crippen molar-refractivity contribution in [1.29, 1.82) is 0 Å². The van der Waals surface area contributed by atoms with Gasteiger partial charge in [-0.05, 0) is 32.9 Å². The standard InChI is InChI=1S/C14H21ClN2O2/c1-13(2,3)10-7-9(8-11(15)16-10)12(18)17-19-14(4,5)6/h7-8H,1-6H3,(H,17,18). The van der Waals surface area contributed by atoms with E-state index in [4.69, 9.17) is 16.4 Å². The van der Waals surface area contributed by atoms with E-state index in [0.717, 1.165) is 5.69 Å². The topological polar surface area (TPSA) is 51.2 Å². The third kappa shape index (κ3) is 5.17. The van der Waals surface area contributed by atoms with Crippen LogP contribution in [0.4, 0.5) is 0 Å². The molecule has 0 atom stereocenters. The van der Waals surface area contributed by atoms with Crippen LogP contribution in [0.1, 0.15) is 57.6 Å². The third-order valence-electron chi connectivity index (χ3n) is 2.27. The molecule has 0 aliphatic rings. The highest BCUT2D eigenvalue weighted by Crippen LogP contribution is 2.23. The quantitative estimate of drug-likeness (QED) is 0.668. The number of amides is 1. The predicted molar refractivity (Wildman–Crippen MR) is 76.3 cm³/mol. The number of hydrogen-bond acceptors (Lipinski definition) is 3. The number of nitrogens with one attached hydrogen (secondary N) is 1. The molecule has 0 saturated carbocycles. The summed E-state index contributed by atoms with van der Waals surface area (Å²) in [6.07, 6.45) is 0. The second-order valence-corrected chi connectivity index (χ2v) is 6.85. The number of hydrogen-bond donors (Lipinski definition) is 1. The van der Waals surface area contributed by atoms with Crippen molar-refractivity contribution in [3.8, 4) is 0 Å². The minimum absolute atomic E-state index is 0.176. The molecular formula is C14H21ClN2O2. The molecule has 0 spiro atoms. The van der Waals surface area contributed by atoms with Crippen LogP contribution in [-0.2, 0) is 10.3 Å². The average molecular weight is 285 g/mol. The van der Waals surface area contributed by atoms with Gasteiger partial charge in [-0.2, -0.15) is 0 Å². The Balaban J connectivity index is 2.95. The summed E-state index contributed by atoms with van der Waals surface area (Å²) < 4.78 is 0. The Morgan fingerprint density at radius 3 is 2.26 bits per heavy atom. The van der Waals surface area contributed by atoms with E-state index in [1.54, 1.807) is 6.07 Å². The second-order valence-electron chi connectivity index (χ2n) is 6.46. The van der Waals surface area contributed by atoms with Gasteiger partial charge in [-0.1, -0.05) is 32.4 Å². The molecule has 106 valence electrons. The van der Waals surface area contributed by atoms with E-state index < -0.39 is 5.60 Å². The molecule has 1 aromatic rings. The van der Waals surface area contributed by atoms with E-state index in [2.05, 4.69) is 10.5 Å². The second kappa shape index (κ2) is 5.47. The lowest BCUT2D eigenvalue weighted by Crippen LogP contribution is -2.33. The van der Waals surface area contributed by atoms with Gasteiger partial charge in [0.2, 0.25) is 0 Å². The largest absolute Gasteiger partial charge is 0.275 e. The highest BCUT2D eigenvalue weighted by molar-refractivity contribution is 6.29. The fourth-order valence-corrected chi connectivity index (χ4v) is 1.48. The van der Waals surface area contributed by atoms with Gasteiger partial charge >= 0.3 is 0 Å². The van der Waals surface area contributed by atoms with Crippen LogP contribution in [0.25, 0.3) is 0 Å². The first-order valence-corrected chi connectivity index (χ1v) is 6.53. The zero-order valence-electron chi connectivity index (χ0n) is 12.3. The fourth-order valence-electron chi connectivity index (χ4n) is 1.27. The molecule has 4 nitrogen and oxygen atoms in total. The smallest absolute Gasteiger partial charge is 0.268 e. The number of aromatic nitrogens is 1. The molecule has 1 heterocycles. The van der Waals surface area contributed by atoms with Gasteiger partial charge in [-0.3, -0.25) is 9.63 Å². The summed E-state index contributed by atoms with van der Waals surface area (Å²) in [5.41, 5.74) is 3.00. The summed E-state index contributed by atoms with van der Waals surface area (Å²) in [5, 5.41) is 0.299.